The van der Waals surface area contributed by atoms with Crippen LogP contribution in [-0.2, 0) is 11.3 Å². The molecule has 0 unspecified atom stereocenters. The quantitative estimate of drug-likeness (QED) is 0.699. The van der Waals surface area contributed by atoms with Crippen molar-refractivity contribution in [3.63, 3.8) is 0 Å². The van der Waals surface area contributed by atoms with Crippen molar-refractivity contribution >= 4 is 17.2 Å². The molecule has 0 aliphatic rings. The zero-order valence-corrected chi connectivity index (χ0v) is 9.23. The van der Waals surface area contributed by atoms with Crippen molar-refractivity contribution in [2.24, 2.45) is 0 Å². The number of carbonyl (C=O) groups excluding carboxylic acids is 1. The Hall–Kier alpha value is -1.45. The molecule has 0 bridgehead atoms. The van der Waals surface area contributed by atoms with Crippen molar-refractivity contribution < 1.29 is 4.79 Å². The summed E-state index contributed by atoms with van der Waals surface area (Å²) in [4.78, 5) is 15.3. The molecule has 1 amide bonds. The largest absolute Gasteiger partial charge is 0.342 e. The molecule has 1 rings (SSSR count). The molecule has 1 heterocycles. The zero-order chi connectivity index (χ0) is 11.1. The number of rotatable bonds is 5. The number of nitrogens with one attached hydrogen (secondary N) is 2. The number of aryl methyl sites for hydroxylation is 1. The van der Waals surface area contributed by atoms with Gasteiger partial charge in [0.2, 0.25) is 5.91 Å². The molecule has 0 aliphatic heterocycles. The summed E-state index contributed by atoms with van der Waals surface area (Å²) < 4.78 is 0. The van der Waals surface area contributed by atoms with Crippen molar-refractivity contribution in [2.45, 2.75) is 13.5 Å². The number of hydrogen-bond acceptors (Lipinski definition) is 5. The van der Waals surface area contributed by atoms with Crippen LogP contribution in [0, 0.1) is 18.3 Å². The van der Waals surface area contributed by atoms with Crippen LogP contribution in [0.4, 0.5) is 0 Å². The summed E-state index contributed by atoms with van der Waals surface area (Å²) in [5.74, 6) is -0.176. The highest BCUT2D eigenvalue weighted by Gasteiger charge is 2.01. The van der Waals surface area contributed by atoms with Crippen molar-refractivity contribution in [2.75, 3.05) is 13.1 Å². The van der Waals surface area contributed by atoms with Gasteiger partial charge in [0.05, 0.1) is 12.6 Å². The van der Waals surface area contributed by atoms with E-state index in [1.807, 2.05) is 18.4 Å². The van der Waals surface area contributed by atoms with Crippen molar-refractivity contribution in [3.8, 4) is 6.07 Å². The van der Waals surface area contributed by atoms with Crippen LogP contribution in [0.25, 0.3) is 0 Å². The Morgan fingerprint density at radius 1 is 1.73 bits per heavy atom. The molecule has 0 radical (unpaired) electrons. The van der Waals surface area contributed by atoms with E-state index in [-0.39, 0.29) is 19.0 Å². The maximum absolute atomic E-state index is 11.1. The smallest absolute Gasteiger partial charge is 0.234 e. The first-order valence-corrected chi connectivity index (χ1v) is 5.35. The van der Waals surface area contributed by atoms with E-state index in [4.69, 9.17) is 5.26 Å². The fraction of sp³-hybridized carbons (Fsp3) is 0.444. The average molecular weight is 224 g/mol. The van der Waals surface area contributed by atoms with Crippen molar-refractivity contribution in [1.82, 2.24) is 15.6 Å². The fourth-order valence-corrected chi connectivity index (χ4v) is 1.71. The summed E-state index contributed by atoms with van der Waals surface area (Å²) in [5, 5.41) is 16.5. The van der Waals surface area contributed by atoms with E-state index in [0.717, 1.165) is 10.7 Å². The van der Waals surface area contributed by atoms with Gasteiger partial charge in [-0.15, -0.1) is 11.3 Å². The topological polar surface area (TPSA) is 77.8 Å². The minimum Gasteiger partial charge on any atom is -0.342 e. The van der Waals surface area contributed by atoms with Crippen LogP contribution in [0.5, 0.6) is 0 Å². The van der Waals surface area contributed by atoms with E-state index in [0.29, 0.717) is 6.54 Å². The summed E-state index contributed by atoms with van der Waals surface area (Å²) in [5.41, 5.74) is 0.991. The second kappa shape index (κ2) is 6.11. The minimum atomic E-state index is -0.176. The fourth-order valence-electron chi connectivity index (χ4n) is 0.967. The lowest BCUT2D eigenvalue weighted by atomic mass is 10.5. The Balaban J connectivity index is 2.16. The van der Waals surface area contributed by atoms with E-state index in [1.165, 1.54) is 0 Å². The van der Waals surface area contributed by atoms with Gasteiger partial charge in [-0.25, -0.2) is 4.98 Å². The first-order chi connectivity index (χ1) is 7.22. The van der Waals surface area contributed by atoms with Crippen LogP contribution in [0.2, 0.25) is 0 Å². The normalized spacial score (nSPS) is 9.60. The van der Waals surface area contributed by atoms with Gasteiger partial charge >= 0.3 is 0 Å². The third-order valence-electron chi connectivity index (χ3n) is 1.59. The Morgan fingerprint density at radius 3 is 3.13 bits per heavy atom. The zero-order valence-electron chi connectivity index (χ0n) is 8.41. The number of nitrogens with zero attached hydrogens (tertiary/aromatic N) is 2. The number of nitriles is 1. The van der Waals surface area contributed by atoms with E-state index >= 15 is 0 Å². The van der Waals surface area contributed by atoms with Gasteiger partial charge < -0.3 is 10.6 Å². The molecular weight excluding hydrogens is 212 g/mol. The van der Waals surface area contributed by atoms with Crippen LogP contribution in [0.15, 0.2) is 5.38 Å². The lowest BCUT2D eigenvalue weighted by molar-refractivity contribution is -0.120. The van der Waals surface area contributed by atoms with Gasteiger partial charge in [-0.3, -0.25) is 4.79 Å². The molecule has 1 aromatic rings. The van der Waals surface area contributed by atoms with Gasteiger partial charge in [0.15, 0.2) is 0 Å². The number of aromatic nitrogens is 1. The number of hydrogen-bond donors (Lipinski definition) is 2. The average Bonchev–Trinajstić information content (AvgIpc) is 2.61. The van der Waals surface area contributed by atoms with E-state index in [9.17, 15) is 4.79 Å². The van der Waals surface area contributed by atoms with Crippen LogP contribution in [-0.4, -0.2) is 24.0 Å². The Morgan fingerprint density at radius 2 is 2.53 bits per heavy atom. The molecule has 1 aromatic heterocycles. The minimum absolute atomic E-state index is 0.0525. The molecule has 0 atom stereocenters. The summed E-state index contributed by atoms with van der Waals surface area (Å²) in [6.45, 7) is 2.77. The highest BCUT2D eigenvalue weighted by atomic mass is 32.1. The van der Waals surface area contributed by atoms with Gasteiger partial charge in [0.25, 0.3) is 0 Å². The molecule has 0 spiro atoms. The van der Waals surface area contributed by atoms with Crippen molar-refractivity contribution in [3.05, 3.63) is 16.1 Å². The van der Waals surface area contributed by atoms with E-state index in [1.54, 1.807) is 11.3 Å². The lowest BCUT2D eigenvalue weighted by Gasteiger charge is -2.01. The molecule has 0 saturated heterocycles. The Bertz CT molecular complexity index is 368. The summed E-state index contributed by atoms with van der Waals surface area (Å²) in [7, 11) is 0. The maximum Gasteiger partial charge on any atom is 0.234 e. The SMILES string of the molecule is Cc1csc(CNCC(=O)NCC#N)n1. The molecule has 0 aliphatic carbocycles. The highest BCUT2D eigenvalue weighted by molar-refractivity contribution is 7.09. The number of carbonyl (C=O) groups is 1. The highest BCUT2D eigenvalue weighted by Crippen LogP contribution is 2.07. The van der Waals surface area contributed by atoms with Crippen LogP contribution >= 0.6 is 11.3 Å². The molecule has 80 valence electrons. The first kappa shape index (κ1) is 11.6. The molecule has 0 aromatic carbocycles. The summed E-state index contributed by atoms with van der Waals surface area (Å²) in [6.07, 6.45) is 0. The number of thiazole rings is 1. The molecule has 0 saturated carbocycles. The lowest BCUT2D eigenvalue weighted by Crippen LogP contribution is -2.33. The van der Waals surface area contributed by atoms with Gasteiger partial charge in [-0.05, 0) is 6.92 Å². The number of amides is 1. The molecule has 0 fully saturated rings. The molecule has 5 nitrogen and oxygen atoms in total. The standard InChI is InChI=1S/C9H12N4OS/c1-7-6-15-9(13-7)5-11-4-8(14)12-3-2-10/h6,11H,3-5H2,1H3,(H,12,14). The predicted molar refractivity (Wildman–Crippen MR) is 57.2 cm³/mol. The van der Waals surface area contributed by atoms with Crippen molar-refractivity contribution in [1.29, 1.82) is 5.26 Å². The second-order valence-corrected chi connectivity index (χ2v) is 3.86. The molecular formula is C9H12N4OS. The summed E-state index contributed by atoms with van der Waals surface area (Å²) in [6, 6.07) is 1.84. The Labute approximate surface area is 92.1 Å². The monoisotopic (exact) mass is 224 g/mol. The van der Waals surface area contributed by atoms with E-state index in [2.05, 4.69) is 15.6 Å². The van der Waals surface area contributed by atoms with Gasteiger partial charge in [-0.2, -0.15) is 5.26 Å². The van der Waals surface area contributed by atoms with Crippen LogP contribution in [0.3, 0.4) is 0 Å². The van der Waals surface area contributed by atoms with Gasteiger partial charge in [-0.1, -0.05) is 0 Å². The third kappa shape index (κ3) is 4.54. The molecule has 15 heavy (non-hydrogen) atoms. The van der Waals surface area contributed by atoms with Crippen LogP contribution < -0.4 is 10.6 Å². The van der Waals surface area contributed by atoms with Gasteiger partial charge in [0, 0.05) is 17.6 Å². The summed E-state index contributed by atoms with van der Waals surface area (Å²) >= 11 is 1.56. The predicted octanol–water partition coefficient (Wildman–Crippen LogP) is 0.181. The molecule has 2 N–H and O–H groups in total. The maximum atomic E-state index is 11.1. The van der Waals surface area contributed by atoms with E-state index < -0.39 is 0 Å². The van der Waals surface area contributed by atoms with Gasteiger partial charge in [0.1, 0.15) is 11.6 Å². The third-order valence-corrected chi connectivity index (χ3v) is 2.56. The first-order valence-electron chi connectivity index (χ1n) is 4.47. The molecule has 6 heteroatoms. The Kier molecular flexibility index (Phi) is 4.74. The second-order valence-electron chi connectivity index (χ2n) is 2.92. The van der Waals surface area contributed by atoms with Crippen LogP contribution in [0.1, 0.15) is 10.7 Å².